The van der Waals surface area contributed by atoms with Crippen molar-refractivity contribution >= 4 is 23.4 Å². The molecule has 1 N–H and O–H groups in total. The van der Waals surface area contributed by atoms with Crippen molar-refractivity contribution in [1.29, 1.82) is 0 Å². The van der Waals surface area contributed by atoms with Crippen molar-refractivity contribution in [2.45, 2.75) is 25.7 Å². The lowest BCUT2D eigenvalue weighted by Crippen LogP contribution is -2.40. The van der Waals surface area contributed by atoms with Crippen LogP contribution in [0.2, 0.25) is 5.02 Å². The number of hydrogen-bond acceptors (Lipinski definition) is 3. The first-order chi connectivity index (χ1) is 13.6. The Morgan fingerprint density at radius 2 is 1.89 bits per heavy atom. The molecule has 1 unspecified atom stereocenters. The molecule has 5 nitrogen and oxygen atoms in total. The van der Waals surface area contributed by atoms with Crippen LogP contribution in [0.4, 0.5) is 0 Å². The smallest absolute Gasteiger partial charge is 0.255 e. The Bertz CT molecular complexity index is 863. The zero-order valence-corrected chi connectivity index (χ0v) is 16.5. The number of rotatable bonds is 5. The SMILES string of the molecule is O=C(NCCc1ccccn1)C1CC12CCN(C(=O)c1ccccc1Cl)CC2. The second kappa shape index (κ2) is 7.92. The lowest BCUT2D eigenvalue weighted by Gasteiger charge is -2.33. The molecule has 1 saturated heterocycles. The molecule has 1 aliphatic heterocycles. The summed E-state index contributed by atoms with van der Waals surface area (Å²) in [7, 11) is 0. The van der Waals surface area contributed by atoms with E-state index in [-0.39, 0.29) is 23.1 Å². The molecule has 1 spiro atoms. The van der Waals surface area contributed by atoms with Crippen molar-refractivity contribution < 1.29 is 9.59 Å². The number of amides is 2. The Morgan fingerprint density at radius 3 is 2.61 bits per heavy atom. The van der Waals surface area contributed by atoms with Gasteiger partial charge in [-0.1, -0.05) is 29.8 Å². The average molecular weight is 398 g/mol. The van der Waals surface area contributed by atoms with E-state index in [1.165, 1.54) is 0 Å². The van der Waals surface area contributed by atoms with Gasteiger partial charge in [-0.05, 0) is 48.9 Å². The minimum Gasteiger partial charge on any atom is -0.355 e. The summed E-state index contributed by atoms with van der Waals surface area (Å²) in [5, 5.41) is 3.55. The molecule has 2 heterocycles. The topological polar surface area (TPSA) is 62.3 Å². The van der Waals surface area contributed by atoms with Gasteiger partial charge in [-0.25, -0.2) is 0 Å². The quantitative estimate of drug-likeness (QED) is 0.841. The minimum atomic E-state index is -0.0162. The molecule has 2 aliphatic rings. The number of hydrogen-bond donors (Lipinski definition) is 1. The van der Waals surface area contributed by atoms with Gasteiger partial charge in [0.15, 0.2) is 0 Å². The zero-order chi connectivity index (χ0) is 19.6. The Morgan fingerprint density at radius 1 is 1.14 bits per heavy atom. The Kier molecular flexibility index (Phi) is 5.36. The maximum Gasteiger partial charge on any atom is 0.255 e. The van der Waals surface area contributed by atoms with Gasteiger partial charge < -0.3 is 10.2 Å². The fourth-order valence-corrected chi connectivity index (χ4v) is 4.43. The zero-order valence-electron chi connectivity index (χ0n) is 15.7. The molecule has 6 heteroatoms. The molecule has 28 heavy (non-hydrogen) atoms. The number of piperidine rings is 1. The van der Waals surface area contributed by atoms with Crippen LogP contribution in [0.25, 0.3) is 0 Å². The molecule has 0 radical (unpaired) electrons. The van der Waals surface area contributed by atoms with Gasteiger partial charge in [0.25, 0.3) is 5.91 Å². The fraction of sp³-hybridized carbons (Fsp3) is 0.409. The lowest BCUT2D eigenvalue weighted by atomic mass is 9.90. The van der Waals surface area contributed by atoms with Crippen LogP contribution >= 0.6 is 11.6 Å². The molecule has 0 bridgehead atoms. The second-order valence-electron chi connectivity index (χ2n) is 7.75. The number of halogens is 1. The standard InChI is InChI=1S/C22H24ClN3O2/c23-19-7-2-1-6-17(19)21(28)26-13-9-22(10-14-26)15-18(22)20(27)25-12-8-16-5-3-4-11-24-16/h1-7,11,18H,8-10,12-15H2,(H,25,27). The normalized spacial score (nSPS) is 20.0. The van der Waals surface area contributed by atoms with E-state index in [4.69, 9.17) is 11.6 Å². The first-order valence-corrected chi connectivity index (χ1v) is 10.2. The molecular formula is C22H24ClN3O2. The van der Waals surface area contributed by atoms with Gasteiger partial charge in [-0.15, -0.1) is 0 Å². The maximum absolute atomic E-state index is 12.7. The molecule has 1 atom stereocenters. The largest absolute Gasteiger partial charge is 0.355 e. The van der Waals surface area contributed by atoms with Gasteiger partial charge >= 0.3 is 0 Å². The number of aromatic nitrogens is 1. The molecule has 1 aromatic heterocycles. The second-order valence-corrected chi connectivity index (χ2v) is 8.16. The van der Waals surface area contributed by atoms with E-state index in [0.29, 0.717) is 30.2 Å². The van der Waals surface area contributed by atoms with E-state index in [1.54, 1.807) is 18.3 Å². The monoisotopic (exact) mass is 397 g/mol. The van der Waals surface area contributed by atoms with E-state index in [1.807, 2.05) is 35.2 Å². The van der Waals surface area contributed by atoms with Crippen LogP contribution in [0.3, 0.4) is 0 Å². The molecule has 146 valence electrons. The third kappa shape index (κ3) is 3.90. The summed E-state index contributed by atoms with van der Waals surface area (Å²) in [6.07, 6.45) is 5.19. The summed E-state index contributed by atoms with van der Waals surface area (Å²) in [5.41, 5.74) is 1.62. The highest BCUT2D eigenvalue weighted by Crippen LogP contribution is 2.59. The van der Waals surface area contributed by atoms with Crippen molar-refractivity contribution in [3.05, 3.63) is 64.9 Å². The van der Waals surface area contributed by atoms with Crippen LogP contribution in [-0.4, -0.2) is 41.3 Å². The Hall–Kier alpha value is -2.40. The number of carbonyl (C=O) groups is 2. The predicted octanol–water partition coefficient (Wildman–Crippen LogP) is 3.34. The molecule has 2 fully saturated rings. The predicted molar refractivity (Wildman–Crippen MR) is 108 cm³/mol. The minimum absolute atomic E-state index is 0.0162. The maximum atomic E-state index is 12.7. The van der Waals surface area contributed by atoms with E-state index in [0.717, 1.165) is 31.4 Å². The number of nitrogens with one attached hydrogen (secondary N) is 1. The van der Waals surface area contributed by atoms with Crippen molar-refractivity contribution in [1.82, 2.24) is 15.2 Å². The molecular weight excluding hydrogens is 374 g/mol. The van der Waals surface area contributed by atoms with Crippen LogP contribution in [0, 0.1) is 11.3 Å². The number of likely N-dealkylation sites (tertiary alicyclic amines) is 1. The molecule has 1 saturated carbocycles. The average Bonchev–Trinajstić information content (AvgIpc) is 3.42. The number of pyridine rings is 1. The highest BCUT2D eigenvalue weighted by atomic mass is 35.5. The number of benzene rings is 1. The highest BCUT2D eigenvalue weighted by molar-refractivity contribution is 6.33. The van der Waals surface area contributed by atoms with Gasteiger partial charge in [0, 0.05) is 43.9 Å². The number of carbonyl (C=O) groups excluding carboxylic acids is 2. The van der Waals surface area contributed by atoms with Crippen LogP contribution in [0.15, 0.2) is 48.7 Å². The summed E-state index contributed by atoms with van der Waals surface area (Å²) in [4.78, 5) is 31.4. The molecule has 1 aromatic carbocycles. The van der Waals surface area contributed by atoms with E-state index in [9.17, 15) is 9.59 Å². The van der Waals surface area contributed by atoms with Crippen LogP contribution in [-0.2, 0) is 11.2 Å². The van der Waals surface area contributed by atoms with Gasteiger partial charge in [-0.2, -0.15) is 0 Å². The van der Waals surface area contributed by atoms with E-state index >= 15 is 0 Å². The summed E-state index contributed by atoms with van der Waals surface area (Å²) < 4.78 is 0. The summed E-state index contributed by atoms with van der Waals surface area (Å²) in [6.45, 7) is 1.98. The van der Waals surface area contributed by atoms with Crippen LogP contribution in [0.1, 0.15) is 35.3 Å². The first-order valence-electron chi connectivity index (χ1n) is 9.80. The van der Waals surface area contributed by atoms with E-state index < -0.39 is 0 Å². The highest BCUT2D eigenvalue weighted by Gasteiger charge is 2.58. The first kappa shape index (κ1) is 18.9. The summed E-state index contributed by atoms with van der Waals surface area (Å²) in [6, 6.07) is 13.0. The van der Waals surface area contributed by atoms with Gasteiger partial charge in [-0.3, -0.25) is 14.6 Å². The molecule has 2 amide bonds. The van der Waals surface area contributed by atoms with Gasteiger partial charge in [0.2, 0.25) is 5.91 Å². The van der Waals surface area contributed by atoms with Crippen LogP contribution < -0.4 is 5.32 Å². The third-order valence-corrected chi connectivity index (χ3v) is 6.39. The summed E-state index contributed by atoms with van der Waals surface area (Å²) in [5.74, 6) is 0.202. The molecule has 2 aromatic rings. The third-order valence-electron chi connectivity index (χ3n) is 6.06. The van der Waals surface area contributed by atoms with Gasteiger partial charge in [0.1, 0.15) is 0 Å². The van der Waals surface area contributed by atoms with E-state index in [2.05, 4.69) is 10.3 Å². The lowest BCUT2D eigenvalue weighted by molar-refractivity contribution is -0.123. The Balaban J connectivity index is 1.26. The number of nitrogens with zero attached hydrogens (tertiary/aromatic N) is 2. The Labute approximate surface area is 170 Å². The van der Waals surface area contributed by atoms with Gasteiger partial charge in [0.05, 0.1) is 10.6 Å². The van der Waals surface area contributed by atoms with Crippen molar-refractivity contribution in [2.75, 3.05) is 19.6 Å². The van der Waals surface area contributed by atoms with Crippen molar-refractivity contribution in [3.8, 4) is 0 Å². The van der Waals surface area contributed by atoms with Crippen LogP contribution in [0.5, 0.6) is 0 Å². The molecule has 4 rings (SSSR count). The van der Waals surface area contributed by atoms with Crippen molar-refractivity contribution in [2.24, 2.45) is 11.3 Å². The molecule has 1 aliphatic carbocycles. The van der Waals surface area contributed by atoms with Crippen molar-refractivity contribution in [3.63, 3.8) is 0 Å². The summed E-state index contributed by atoms with van der Waals surface area (Å²) >= 11 is 6.16. The fourth-order valence-electron chi connectivity index (χ4n) is 4.21.